The second-order valence-corrected chi connectivity index (χ2v) is 6.26. The van der Waals surface area contributed by atoms with Gasteiger partial charge in [0.1, 0.15) is 6.10 Å². The monoisotopic (exact) mass is 345 g/mol. The second kappa shape index (κ2) is 6.62. The van der Waals surface area contributed by atoms with Gasteiger partial charge in [-0.3, -0.25) is 14.5 Å². The fourth-order valence-corrected chi connectivity index (χ4v) is 3.26. The highest BCUT2D eigenvalue weighted by molar-refractivity contribution is 7.99. The van der Waals surface area contributed by atoms with Crippen LogP contribution in [-0.4, -0.2) is 37.8 Å². The summed E-state index contributed by atoms with van der Waals surface area (Å²) in [6, 6.07) is 5.92. The number of anilines is 1. The molecule has 0 radical (unpaired) electrons. The number of nitrogens with zero attached hydrogens (tertiary/aromatic N) is 4. The number of hydrogen-bond donors (Lipinski definition) is 1. The van der Waals surface area contributed by atoms with Gasteiger partial charge in [0.15, 0.2) is 5.16 Å². The lowest BCUT2D eigenvalue weighted by Gasteiger charge is -2.02. The molecule has 0 saturated carbocycles. The molecule has 1 fully saturated rings. The zero-order valence-corrected chi connectivity index (χ0v) is 13.5. The van der Waals surface area contributed by atoms with E-state index in [1.807, 2.05) is 28.8 Å². The first-order valence-electron chi connectivity index (χ1n) is 7.59. The van der Waals surface area contributed by atoms with Gasteiger partial charge < -0.3 is 9.15 Å². The first-order chi connectivity index (χ1) is 11.8. The maximum atomic E-state index is 12.0. The van der Waals surface area contributed by atoms with Gasteiger partial charge in [-0.15, -0.1) is 5.10 Å². The van der Waals surface area contributed by atoms with E-state index in [9.17, 15) is 4.79 Å². The van der Waals surface area contributed by atoms with Crippen LogP contribution in [0.3, 0.4) is 0 Å². The predicted octanol–water partition coefficient (Wildman–Crippen LogP) is 2.30. The number of aromatic nitrogens is 4. The van der Waals surface area contributed by atoms with E-state index in [1.54, 1.807) is 6.20 Å². The zero-order chi connectivity index (χ0) is 16.4. The van der Waals surface area contributed by atoms with Crippen molar-refractivity contribution in [3.8, 4) is 0 Å². The van der Waals surface area contributed by atoms with Gasteiger partial charge in [0.2, 0.25) is 11.8 Å². The summed E-state index contributed by atoms with van der Waals surface area (Å²) in [5.41, 5.74) is 0.985. The molecular weight excluding hydrogens is 330 g/mol. The molecule has 24 heavy (non-hydrogen) atoms. The van der Waals surface area contributed by atoms with Crippen LogP contribution in [0.4, 0.5) is 6.01 Å². The molecule has 0 aromatic carbocycles. The van der Waals surface area contributed by atoms with E-state index in [4.69, 9.17) is 9.15 Å². The van der Waals surface area contributed by atoms with E-state index in [0.717, 1.165) is 23.5 Å². The number of rotatable bonds is 5. The summed E-state index contributed by atoms with van der Waals surface area (Å²) in [5, 5.41) is 11.1. The second-order valence-electron chi connectivity index (χ2n) is 5.32. The molecule has 4 heterocycles. The third kappa shape index (κ3) is 3.13. The number of carbonyl (C=O) groups is 1. The smallest absolute Gasteiger partial charge is 0.322 e. The Morgan fingerprint density at radius 3 is 3.25 bits per heavy atom. The largest absolute Gasteiger partial charge is 0.405 e. The number of pyridine rings is 1. The van der Waals surface area contributed by atoms with E-state index in [1.165, 1.54) is 11.8 Å². The summed E-state index contributed by atoms with van der Waals surface area (Å²) in [6.07, 6.45) is 5.36. The molecule has 3 aromatic rings. The SMILES string of the molecule is O=C(CSc1ncc2ccccn12)Nc1nnc([C@@H]2CCCO2)o1. The van der Waals surface area contributed by atoms with Crippen LogP contribution in [0.25, 0.3) is 5.52 Å². The maximum absolute atomic E-state index is 12.0. The van der Waals surface area contributed by atoms with E-state index in [0.29, 0.717) is 12.5 Å². The van der Waals surface area contributed by atoms with Crippen LogP contribution in [0.1, 0.15) is 24.8 Å². The number of thioether (sulfide) groups is 1. The molecule has 9 heteroatoms. The van der Waals surface area contributed by atoms with Crippen LogP contribution in [0.5, 0.6) is 0 Å². The molecule has 1 aliphatic rings. The number of amides is 1. The highest BCUT2D eigenvalue weighted by Gasteiger charge is 2.24. The predicted molar refractivity (Wildman–Crippen MR) is 86.8 cm³/mol. The molecule has 4 rings (SSSR count). The van der Waals surface area contributed by atoms with Crippen LogP contribution < -0.4 is 5.32 Å². The van der Waals surface area contributed by atoms with Gasteiger partial charge in [-0.05, 0) is 25.0 Å². The average Bonchev–Trinajstić information content (AvgIpc) is 3.33. The first-order valence-corrected chi connectivity index (χ1v) is 8.58. The Morgan fingerprint density at radius 1 is 1.42 bits per heavy atom. The summed E-state index contributed by atoms with van der Waals surface area (Å²) >= 11 is 1.34. The van der Waals surface area contributed by atoms with Crippen LogP contribution >= 0.6 is 11.8 Å². The van der Waals surface area contributed by atoms with Crippen molar-refractivity contribution in [3.05, 3.63) is 36.5 Å². The van der Waals surface area contributed by atoms with Gasteiger partial charge in [0.25, 0.3) is 0 Å². The average molecular weight is 345 g/mol. The van der Waals surface area contributed by atoms with Crippen LogP contribution in [-0.2, 0) is 9.53 Å². The Labute approximate surface area is 141 Å². The Hall–Kier alpha value is -2.39. The molecular formula is C15H15N5O3S. The standard InChI is InChI=1S/C15H15N5O3S/c21-12(9-24-15-16-8-10-4-1-2-6-20(10)15)17-14-19-18-13(23-14)11-5-3-7-22-11/h1-2,4,6,8,11H,3,5,7,9H2,(H,17,19,21)/t11-/m0/s1. The van der Waals surface area contributed by atoms with Crippen LogP contribution in [0.15, 0.2) is 40.2 Å². The number of hydrogen-bond acceptors (Lipinski definition) is 7. The number of fused-ring (bicyclic) bond motifs is 1. The van der Waals surface area contributed by atoms with E-state index in [2.05, 4.69) is 20.5 Å². The van der Waals surface area contributed by atoms with Crippen LogP contribution in [0.2, 0.25) is 0 Å². The van der Waals surface area contributed by atoms with Crippen molar-refractivity contribution >= 4 is 29.2 Å². The molecule has 3 aromatic heterocycles. The summed E-state index contributed by atoms with van der Waals surface area (Å²) in [4.78, 5) is 16.4. The Morgan fingerprint density at radius 2 is 2.38 bits per heavy atom. The fourth-order valence-electron chi connectivity index (χ4n) is 2.50. The van der Waals surface area contributed by atoms with Crippen molar-refractivity contribution in [2.45, 2.75) is 24.1 Å². The third-order valence-electron chi connectivity index (χ3n) is 3.63. The minimum absolute atomic E-state index is 0.0964. The van der Waals surface area contributed by atoms with Crippen LogP contribution in [0, 0.1) is 0 Å². The van der Waals surface area contributed by atoms with Crippen molar-refractivity contribution in [1.82, 2.24) is 19.6 Å². The normalized spacial score (nSPS) is 17.4. The highest BCUT2D eigenvalue weighted by atomic mass is 32.2. The van der Waals surface area contributed by atoms with Crippen molar-refractivity contribution in [3.63, 3.8) is 0 Å². The summed E-state index contributed by atoms with van der Waals surface area (Å²) in [5.74, 6) is 0.385. The third-order valence-corrected chi connectivity index (χ3v) is 4.60. The van der Waals surface area contributed by atoms with Gasteiger partial charge in [-0.1, -0.05) is 22.9 Å². The van der Waals surface area contributed by atoms with Gasteiger partial charge in [-0.25, -0.2) is 4.98 Å². The fraction of sp³-hybridized carbons (Fsp3) is 0.333. The topological polar surface area (TPSA) is 94.6 Å². The molecule has 0 unspecified atom stereocenters. The molecule has 1 aliphatic heterocycles. The lowest BCUT2D eigenvalue weighted by atomic mass is 10.2. The Balaban J connectivity index is 1.35. The van der Waals surface area contributed by atoms with Crippen molar-refractivity contribution in [2.24, 2.45) is 0 Å². The van der Waals surface area contributed by atoms with Gasteiger partial charge in [0.05, 0.1) is 17.5 Å². The lowest BCUT2D eigenvalue weighted by molar-refractivity contribution is -0.113. The van der Waals surface area contributed by atoms with Crippen molar-refractivity contribution < 1.29 is 13.9 Å². The molecule has 0 spiro atoms. The molecule has 1 amide bonds. The Kier molecular flexibility index (Phi) is 4.18. The number of carbonyl (C=O) groups excluding carboxylic acids is 1. The lowest BCUT2D eigenvalue weighted by Crippen LogP contribution is -2.14. The summed E-state index contributed by atoms with van der Waals surface area (Å²) in [7, 11) is 0. The Bertz CT molecular complexity index is 856. The quantitative estimate of drug-likeness (QED) is 0.709. The summed E-state index contributed by atoms with van der Waals surface area (Å²) in [6.45, 7) is 0.698. The molecule has 0 bridgehead atoms. The molecule has 1 atom stereocenters. The van der Waals surface area contributed by atoms with Gasteiger partial charge in [0, 0.05) is 12.8 Å². The van der Waals surface area contributed by atoms with E-state index in [-0.39, 0.29) is 23.8 Å². The van der Waals surface area contributed by atoms with E-state index >= 15 is 0 Å². The van der Waals surface area contributed by atoms with E-state index < -0.39 is 0 Å². The maximum Gasteiger partial charge on any atom is 0.322 e. The molecule has 8 nitrogen and oxygen atoms in total. The number of ether oxygens (including phenoxy) is 1. The van der Waals surface area contributed by atoms with Crippen molar-refractivity contribution in [2.75, 3.05) is 17.7 Å². The molecule has 124 valence electrons. The van der Waals surface area contributed by atoms with Gasteiger partial charge >= 0.3 is 6.01 Å². The highest BCUT2D eigenvalue weighted by Crippen LogP contribution is 2.28. The number of imidazole rings is 1. The molecule has 0 aliphatic carbocycles. The molecule has 1 N–H and O–H groups in total. The summed E-state index contributed by atoms with van der Waals surface area (Å²) < 4.78 is 12.8. The minimum Gasteiger partial charge on any atom is -0.405 e. The minimum atomic E-state index is -0.227. The molecule has 1 saturated heterocycles. The van der Waals surface area contributed by atoms with Crippen molar-refractivity contribution in [1.29, 1.82) is 0 Å². The number of nitrogens with one attached hydrogen (secondary N) is 1. The zero-order valence-electron chi connectivity index (χ0n) is 12.7. The first kappa shape index (κ1) is 15.2. The van der Waals surface area contributed by atoms with Gasteiger partial charge in [-0.2, -0.15) is 0 Å².